The summed E-state index contributed by atoms with van der Waals surface area (Å²) >= 11 is 8.31. The minimum Gasteiger partial charge on any atom is -0.490 e. The van der Waals surface area contributed by atoms with Crippen molar-refractivity contribution < 1.29 is 14.3 Å². The van der Waals surface area contributed by atoms with Crippen molar-refractivity contribution in [1.82, 2.24) is 0 Å². The van der Waals surface area contributed by atoms with Gasteiger partial charge in [-0.3, -0.25) is 9.79 Å². The van der Waals surface area contributed by atoms with Gasteiger partial charge in [0.05, 0.1) is 15.9 Å². The van der Waals surface area contributed by atoms with Crippen LogP contribution in [0.3, 0.4) is 0 Å². The second-order valence-corrected chi connectivity index (χ2v) is 9.18. The number of anilines is 1. The summed E-state index contributed by atoms with van der Waals surface area (Å²) in [6.07, 6.45) is 1.81. The number of hydrogen-bond acceptors (Lipinski definition) is 4. The summed E-state index contributed by atoms with van der Waals surface area (Å²) in [6.45, 7) is 8.23. The molecule has 0 saturated carbocycles. The van der Waals surface area contributed by atoms with E-state index in [0.717, 1.165) is 25.9 Å². The Morgan fingerprint density at radius 2 is 1.85 bits per heavy atom. The standard InChI is InChI=1S/C26H26ClIN2O3/c1-5-32-24-12-19(14-29-23-9-6-16(2)10-18(23)4)11-22(28)26(24)33-15-25(31)30-20-8-7-17(3)21(27)13-20/h6-14H,5,15H2,1-4H3,(H,30,31). The van der Waals surface area contributed by atoms with E-state index in [0.29, 0.717) is 28.8 Å². The van der Waals surface area contributed by atoms with Gasteiger partial charge in [0.15, 0.2) is 18.1 Å². The first-order chi connectivity index (χ1) is 15.8. The van der Waals surface area contributed by atoms with Crippen LogP contribution in [-0.4, -0.2) is 25.3 Å². The van der Waals surface area contributed by atoms with Crippen molar-refractivity contribution in [3.63, 3.8) is 0 Å². The van der Waals surface area contributed by atoms with Crippen LogP contribution in [0.2, 0.25) is 5.02 Å². The number of benzene rings is 3. The maximum atomic E-state index is 12.4. The summed E-state index contributed by atoms with van der Waals surface area (Å²) < 4.78 is 12.5. The first-order valence-corrected chi connectivity index (χ1v) is 12.0. The van der Waals surface area contributed by atoms with E-state index in [-0.39, 0.29) is 12.5 Å². The van der Waals surface area contributed by atoms with Gasteiger partial charge in [0.2, 0.25) is 0 Å². The summed E-state index contributed by atoms with van der Waals surface area (Å²) in [7, 11) is 0. The van der Waals surface area contributed by atoms with E-state index < -0.39 is 0 Å². The summed E-state index contributed by atoms with van der Waals surface area (Å²) in [4.78, 5) is 17.0. The maximum absolute atomic E-state index is 12.4. The maximum Gasteiger partial charge on any atom is 0.262 e. The lowest BCUT2D eigenvalue weighted by molar-refractivity contribution is -0.118. The van der Waals surface area contributed by atoms with Crippen LogP contribution in [0.4, 0.5) is 11.4 Å². The van der Waals surface area contributed by atoms with Crippen molar-refractivity contribution in [2.45, 2.75) is 27.7 Å². The van der Waals surface area contributed by atoms with Gasteiger partial charge in [0.25, 0.3) is 5.91 Å². The lowest BCUT2D eigenvalue weighted by Gasteiger charge is -2.15. The third-order valence-corrected chi connectivity index (χ3v) is 6.05. The Balaban J connectivity index is 1.74. The molecular formula is C26H26ClIN2O3. The molecule has 0 saturated heterocycles. The van der Waals surface area contributed by atoms with Crippen LogP contribution in [0.5, 0.6) is 11.5 Å². The molecule has 0 spiro atoms. The van der Waals surface area contributed by atoms with Gasteiger partial charge >= 0.3 is 0 Å². The predicted octanol–water partition coefficient (Wildman–Crippen LogP) is 7.04. The van der Waals surface area contributed by atoms with Gasteiger partial charge in [-0.25, -0.2) is 0 Å². The van der Waals surface area contributed by atoms with Crippen LogP contribution in [0.1, 0.15) is 29.2 Å². The molecule has 0 aliphatic rings. The van der Waals surface area contributed by atoms with Crippen molar-refractivity contribution >= 4 is 57.7 Å². The number of hydrogen-bond donors (Lipinski definition) is 1. The first kappa shape index (κ1) is 25.1. The Hall–Kier alpha value is -2.58. The van der Waals surface area contributed by atoms with Gasteiger partial charge in [-0.2, -0.15) is 0 Å². The molecule has 3 rings (SSSR count). The Bertz CT molecular complexity index is 1190. The van der Waals surface area contributed by atoms with Gasteiger partial charge in [-0.05, 0) is 97.3 Å². The van der Waals surface area contributed by atoms with E-state index >= 15 is 0 Å². The van der Waals surface area contributed by atoms with Crippen LogP contribution >= 0.6 is 34.2 Å². The number of halogens is 2. The average molecular weight is 577 g/mol. The summed E-state index contributed by atoms with van der Waals surface area (Å²) in [5.74, 6) is 0.810. The number of carbonyl (C=O) groups is 1. The zero-order valence-electron chi connectivity index (χ0n) is 19.0. The van der Waals surface area contributed by atoms with Crippen molar-refractivity contribution in [3.05, 3.63) is 79.4 Å². The number of rotatable bonds is 8. The molecule has 1 amide bonds. The van der Waals surface area contributed by atoms with Crippen molar-refractivity contribution in [2.75, 3.05) is 18.5 Å². The minimum atomic E-state index is -0.284. The molecule has 0 unspecified atom stereocenters. The highest BCUT2D eigenvalue weighted by Gasteiger charge is 2.14. The number of amides is 1. The molecule has 3 aromatic rings. The zero-order chi connectivity index (χ0) is 24.0. The Kier molecular flexibility index (Phi) is 8.74. The number of ether oxygens (including phenoxy) is 2. The SMILES string of the molecule is CCOc1cc(C=Nc2ccc(C)cc2C)cc(I)c1OCC(=O)Nc1ccc(C)c(Cl)c1. The molecule has 0 fully saturated rings. The van der Waals surface area contributed by atoms with Crippen molar-refractivity contribution in [1.29, 1.82) is 0 Å². The zero-order valence-corrected chi connectivity index (χ0v) is 22.0. The number of aliphatic imine (C=N–C) groups is 1. The van der Waals surface area contributed by atoms with Gasteiger partial charge < -0.3 is 14.8 Å². The molecule has 0 bridgehead atoms. The minimum absolute atomic E-state index is 0.155. The number of nitrogens with one attached hydrogen (secondary N) is 1. The van der Waals surface area contributed by atoms with E-state index in [1.54, 1.807) is 18.3 Å². The molecule has 0 heterocycles. The molecule has 0 atom stereocenters. The third-order valence-electron chi connectivity index (χ3n) is 4.84. The first-order valence-electron chi connectivity index (χ1n) is 10.5. The molecule has 3 aromatic carbocycles. The van der Waals surface area contributed by atoms with E-state index in [2.05, 4.69) is 45.9 Å². The molecule has 0 aromatic heterocycles. The van der Waals surface area contributed by atoms with Crippen molar-refractivity contribution in [2.24, 2.45) is 4.99 Å². The molecule has 1 N–H and O–H groups in total. The Morgan fingerprint density at radius 3 is 2.55 bits per heavy atom. The largest absolute Gasteiger partial charge is 0.490 e. The molecule has 5 nitrogen and oxygen atoms in total. The summed E-state index contributed by atoms with van der Waals surface area (Å²) in [5, 5.41) is 3.39. The lowest BCUT2D eigenvalue weighted by Crippen LogP contribution is -2.20. The molecule has 33 heavy (non-hydrogen) atoms. The fraction of sp³-hybridized carbons (Fsp3) is 0.231. The van der Waals surface area contributed by atoms with Crippen LogP contribution in [0.25, 0.3) is 0 Å². The predicted molar refractivity (Wildman–Crippen MR) is 144 cm³/mol. The van der Waals surface area contributed by atoms with E-state index in [9.17, 15) is 4.79 Å². The van der Waals surface area contributed by atoms with Crippen molar-refractivity contribution in [3.8, 4) is 11.5 Å². The lowest BCUT2D eigenvalue weighted by atomic mass is 10.1. The third kappa shape index (κ3) is 6.95. The summed E-state index contributed by atoms with van der Waals surface area (Å²) in [6, 6.07) is 15.3. The van der Waals surface area contributed by atoms with E-state index in [1.165, 1.54) is 5.56 Å². The highest BCUT2D eigenvalue weighted by Crippen LogP contribution is 2.34. The van der Waals surface area contributed by atoms with E-state index in [1.807, 2.05) is 51.1 Å². The molecule has 0 aliphatic heterocycles. The smallest absolute Gasteiger partial charge is 0.262 e. The number of nitrogens with zero attached hydrogens (tertiary/aromatic N) is 1. The topological polar surface area (TPSA) is 59.9 Å². The van der Waals surface area contributed by atoms with Gasteiger partial charge in [0, 0.05) is 16.9 Å². The second kappa shape index (κ2) is 11.5. The van der Waals surface area contributed by atoms with Crippen LogP contribution in [0, 0.1) is 24.3 Å². The molecule has 0 aliphatic carbocycles. The molecule has 7 heteroatoms. The number of aryl methyl sites for hydroxylation is 3. The van der Waals surface area contributed by atoms with Crippen LogP contribution in [0.15, 0.2) is 53.5 Å². The fourth-order valence-electron chi connectivity index (χ4n) is 3.17. The van der Waals surface area contributed by atoms with Gasteiger partial charge in [0.1, 0.15) is 0 Å². The molecule has 172 valence electrons. The second-order valence-electron chi connectivity index (χ2n) is 7.61. The monoisotopic (exact) mass is 576 g/mol. The fourth-order valence-corrected chi connectivity index (χ4v) is 4.13. The van der Waals surface area contributed by atoms with Crippen LogP contribution < -0.4 is 14.8 Å². The average Bonchev–Trinajstić information content (AvgIpc) is 2.75. The highest BCUT2D eigenvalue weighted by molar-refractivity contribution is 14.1. The highest BCUT2D eigenvalue weighted by atomic mass is 127. The normalized spacial score (nSPS) is 11.0. The Labute approximate surface area is 213 Å². The van der Waals surface area contributed by atoms with Crippen LogP contribution in [-0.2, 0) is 4.79 Å². The van der Waals surface area contributed by atoms with E-state index in [4.69, 9.17) is 21.1 Å². The Morgan fingerprint density at radius 1 is 1.06 bits per heavy atom. The number of carbonyl (C=O) groups excluding carboxylic acids is 1. The molecular weight excluding hydrogens is 551 g/mol. The summed E-state index contributed by atoms with van der Waals surface area (Å²) in [5.41, 5.74) is 5.69. The molecule has 0 radical (unpaired) electrons. The van der Waals surface area contributed by atoms with Gasteiger partial charge in [-0.1, -0.05) is 35.4 Å². The van der Waals surface area contributed by atoms with Gasteiger partial charge in [-0.15, -0.1) is 0 Å². The quantitative estimate of drug-likeness (QED) is 0.231.